The predicted octanol–water partition coefficient (Wildman–Crippen LogP) is 3.72. The van der Waals surface area contributed by atoms with Gasteiger partial charge in [0.25, 0.3) is 10.0 Å². The first-order valence-corrected chi connectivity index (χ1v) is 13.3. The number of anilines is 1. The molecule has 2 N–H and O–H groups in total. The molecule has 0 spiro atoms. The van der Waals surface area contributed by atoms with Crippen molar-refractivity contribution >= 4 is 27.5 Å². The van der Waals surface area contributed by atoms with E-state index in [2.05, 4.69) is 19.9 Å². The Bertz CT molecular complexity index is 1150. The molecule has 1 fully saturated rings. The third-order valence-electron chi connectivity index (χ3n) is 6.26. The van der Waals surface area contributed by atoms with Crippen LogP contribution in [0, 0.1) is 5.82 Å². The smallest absolute Gasteiger partial charge is 0.262 e. The van der Waals surface area contributed by atoms with Crippen LogP contribution in [0.1, 0.15) is 44.1 Å². The van der Waals surface area contributed by atoms with Crippen LogP contribution in [0.3, 0.4) is 0 Å². The molecular formula is C25H31FN4O3S. The number of amides is 1. The van der Waals surface area contributed by atoms with Gasteiger partial charge in [-0.05, 0) is 74.5 Å². The lowest BCUT2D eigenvalue weighted by molar-refractivity contribution is -0.117. The van der Waals surface area contributed by atoms with Gasteiger partial charge in [0.15, 0.2) is 0 Å². The minimum atomic E-state index is -3.78. The molecule has 0 aromatic heterocycles. The normalized spacial score (nSPS) is 19.3. The molecule has 0 saturated carbocycles. The summed E-state index contributed by atoms with van der Waals surface area (Å²) >= 11 is 0. The second kappa shape index (κ2) is 11.1. The Labute approximate surface area is 200 Å². The number of benzene rings is 2. The van der Waals surface area contributed by atoms with Gasteiger partial charge in [-0.15, -0.1) is 0 Å². The number of hydrogen-bond donors (Lipinski definition) is 2. The third-order valence-corrected chi connectivity index (χ3v) is 7.64. The van der Waals surface area contributed by atoms with Crippen molar-refractivity contribution in [2.75, 3.05) is 25.0 Å². The highest BCUT2D eigenvalue weighted by atomic mass is 32.2. The molecule has 1 saturated heterocycles. The minimum Gasteiger partial charge on any atom is -0.325 e. The standard InChI is InChI=1S/C25H31FN4O3S/c26-20-8-4-7-19(15-20)16-22-10-6-14-30(22)18-25(31)28-21-9-5-11-23(17-21)34(32,33)29-24-12-2-1-3-13-27-24/h4-5,7-9,11,15,17,22H,1-3,6,10,12-14,16,18H2,(H,27,29)(H,28,31). The van der Waals surface area contributed by atoms with Gasteiger partial charge in [0.05, 0.1) is 11.4 Å². The number of carbonyl (C=O) groups is 1. The molecular weight excluding hydrogens is 455 g/mol. The van der Waals surface area contributed by atoms with Gasteiger partial charge in [-0.2, -0.15) is 0 Å². The van der Waals surface area contributed by atoms with Crippen LogP contribution >= 0.6 is 0 Å². The highest BCUT2D eigenvalue weighted by Crippen LogP contribution is 2.22. The molecule has 0 bridgehead atoms. The number of hydrogen-bond acceptors (Lipinski definition) is 5. The van der Waals surface area contributed by atoms with E-state index in [0.717, 1.165) is 44.2 Å². The second-order valence-electron chi connectivity index (χ2n) is 8.92. The molecule has 7 nitrogen and oxygen atoms in total. The maximum Gasteiger partial charge on any atom is 0.262 e. The Morgan fingerprint density at radius 1 is 1.09 bits per heavy atom. The summed E-state index contributed by atoms with van der Waals surface area (Å²) in [5, 5.41) is 2.83. The number of amidine groups is 1. The number of nitrogens with zero attached hydrogens (tertiary/aromatic N) is 2. The maximum absolute atomic E-state index is 13.5. The van der Waals surface area contributed by atoms with E-state index >= 15 is 0 Å². The molecule has 34 heavy (non-hydrogen) atoms. The quantitative estimate of drug-likeness (QED) is 0.624. The summed E-state index contributed by atoms with van der Waals surface area (Å²) in [5.41, 5.74) is 1.34. The van der Waals surface area contributed by atoms with Gasteiger partial charge in [-0.3, -0.25) is 19.4 Å². The summed E-state index contributed by atoms with van der Waals surface area (Å²) < 4.78 is 41.8. The van der Waals surface area contributed by atoms with Crippen molar-refractivity contribution in [3.8, 4) is 0 Å². The largest absolute Gasteiger partial charge is 0.325 e. The van der Waals surface area contributed by atoms with Crippen molar-refractivity contribution in [1.29, 1.82) is 0 Å². The van der Waals surface area contributed by atoms with Gasteiger partial charge in [0, 0.05) is 24.7 Å². The summed E-state index contributed by atoms with van der Waals surface area (Å²) in [7, 11) is -3.78. The lowest BCUT2D eigenvalue weighted by Crippen LogP contribution is -2.38. The zero-order valence-corrected chi connectivity index (χ0v) is 20.0. The van der Waals surface area contributed by atoms with Gasteiger partial charge in [0.2, 0.25) is 5.91 Å². The van der Waals surface area contributed by atoms with Gasteiger partial charge in [-0.25, -0.2) is 12.8 Å². The van der Waals surface area contributed by atoms with Crippen LogP contribution < -0.4 is 10.0 Å². The molecule has 9 heteroatoms. The maximum atomic E-state index is 13.5. The van der Waals surface area contributed by atoms with Crippen LogP contribution in [0.5, 0.6) is 0 Å². The van der Waals surface area contributed by atoms with Crippen LogP contribution in [0.25, 0.3) is 0 Å². The van der Waals surface area contributed by atoms with Crippen molar-refractivity contribution in [3.05, 3.63) is 59.9 Å². The van der Waals surface area contributed by atoms with Crippen molar-refractivity contribution in [1.82, 2.24) is 9.62 Å². The number of sulfonamides is 1. The molecule has 2 heterocycles. The molecule has 0 aliphatic carbocycles. The first-order valence-electron chi connectivity index (χ1n) is 11.8. The topological polar surface area (TPSA) is 90.9 Å². The Hall–Kier alpha value is -2.78. The number of halogens is 1. The minimum absolute atomic E-state index is 0.0856. The number of rotatable bonds is 7. The summed E-state index contributed by atoms with van der Waals surface area (Å²) in [6, 6.07) is 13.0. The van der Waals surface area contributed by atoms with Crippen LogP contribution in [0.4, 0.5) is 10.1 Å². The van der Waals surface area contributed by atoms with Crippen molar-refractivity contribution in [2.24, 2.45) is 4.99 Å². The summed E-state index contributed by atoms with van der Waals surface area (Å²) in [6.07, 6.45) is 6.15. The summed E-state index contributed by atoms with van der Waals surface area (Å²) in [6.45, 7) is 1.63. The molecule has 2 aliphatic rings. The van der Waals surface area contributed by atoms with Crippen LogP contribution in [-0.2, 0) is 21.2 Å². The van der Waals surface area contributed by atoms with Gasteiger partial charge in [0.1, 0.15) is 11.7 Å². The number of nitrogens with one attached hydrogen (secondary N) is 2. The lowest BCUT2D eigenvalue weighted by atomic mass is 10.0. The second-order valence-corrected chi connectivity index (χ2v) is 10.6. The van der Waals surface area contributed by atoms with Crippen LogP contribution in [-0.4, -0.2) is 50.7 Å². The fourth-order valence-electron chi connectivity index (χ4n) is 4.57. The number of carbonyl (C=O) groups excluding carboxylic acids is 1. The zero-order valence-electron chi connectivity index (χ0n) is 19.2. The van der Waals surface area contributed by atoms with E-state index in [0.29, 0.717) is 30.9 Å². The van der Waals surface area contributed by atoms with Crippen molar-refractivity contribution in [3.63, 3.8) is 0 Å². The monoisotopic (exact) mass is 486 g/mol. The third kappa shape index (κ3) is 6.64. The van der Waals surface area contributed by atoms with E-state index in [1.165, 1.54) is 24.3 Å². The Balaban J connectivity index is 1.36. The number of likely N-dealkylation sites (tertiary alicyclic amines) is 1. The SMILES string of the molecule is O=C(CN1CCCC1Cc1cccc(F)c1)Nc1cccc(S(=O)(=O)NC2=NCCCCC2)c1. The van der Waals surface area contributed by atoms with E-state index < -0.39 is 10.0 Å². The summed E-state index contributed by atoms with van der Waals surface area (Å²) in [5.74, 6) is 0.0299. The van der Waals surface area contributed by atoms with E-state index in [1.54, 1.807) is 18.2 Å². The van der Waals surface area contributed by atoms with Crippen molar-refractivity contribution in [2.45, 2.75) is 55.9 Å². The average Bonchev–Trinajstić information content (AvgIpc) is 3.05. The highest BCUT2D eigenvalue weighted by molar-refractivity contribution is 7.90. The van der Waals surface area contributed by atoms with Crippen LogP contribution in [0.2, 0.25) is 0 Å². The molecule has 2 aliphatic heterocycles. The van der Waals surface area contributed by atoms with E-state index in [9.17, 15) is 17.6 Å². The lowest BCUT2D eigenvalue weighted by Gasteiger charge is -2.24. The van der Waals surface area contributed by atoms with E-state index in [1.807, 2.05) is 6.07 Å². The fourth-order valence-corrected chi connectivity index (χ4v) is 5.70. The molecule has 1 unspecified atom stereocenters. The fraction of sp³-hybridized carbons (Fsp3) is 0.440. The molecule has 2 aromatic carbocycles. The first-order chi connectivity index (χ1) is 16.4. The average molecular weight is 487 g/mol. The van der Waals surface area contributed by atoms with Crippen LogP contribution in [0.15, 0.2) is 58.4 Å². The predicted molar refractivity (Wildman–Crippen MR) is 131 cm³/mol. The molecule has 4 rings (SSSR count). The van der Waals surface area contributed by atoms with Crippen molar-refractivity contribution < 1.29 is 17.6 Å². The molecule has 1 atom stereocenters. The first kappa shape index (κ1) is 24.3. The Morgan fingerprint density at radius 2 is 1.94 bits per heavy atom. The number of aliphatic imine (C=N–C) groups is 1. The summed E-state index contributed by atoms with van der Waals surface area (Å²) in [4.78, 5) is 19.3. The van der Waals surface area contributed by atoms with E-state index in [-0.39, 0.29) is 29.2 Å². The van der Waals surface area contributed by atoms with E-state index in [4.69, 9.17) is 0 Å². The zero-order chi connectivity index (χ0) is 24.0. The molecule has 2 aromatic rings. The molecule has 0 radical (unpaired) electrons. The van der Waals surface area contributed by atoms with Gasteiger partial charge < -0.3 is 5.32 Å². The highest BCUT2D eigenvalue weighted by Gasteiger charge is 2.26. The van der Waals surface area contributed by atoms with Gasteiger partial charge >= 0.3 is 0 Å². The Morgan fingerprint density at radius 3 is 2.79 bits per heavy atom. The Kier molecular flexibility index (Phi) is 7.95. The molecule has 1 amide bonds. The van der Waals surface area contributed by atoms with Gasteiger partial charge in [-0.1, -0.05) is 24.6 Å². The molecule has 182 valence electrons.